The maximum atomic E-state index is 11.3. The van der Waals surface area contributed by atoms with Gasteiger partial charge in [0, 0.05) is 11.8 Å². The summed E-state index contributed by atoms with van der Waals surface area (Å²) in [5.74, 6) is 0. The first-order valence-electron chi connectivity index (χ1n) is 3.42. The quantitative estimate of drug-likeness (QED) is 0.604. The molecule has 2 heterocycles. The number of halogens is 1. The molecule has 2 rings (SSSR count). The van der Waals surface area contributed by atoms with Crippen molar-refractivity contribution in [3.05, 3.63) is 27.1 Å². The number of hydrogen-bond acceptors (Lipinski definition) is 2. The van der Waals surface area contributed by atoms with Crippen LogP contribution in [0.5, 0.6) is 0 Å². The molecule has 0 radical (unpaired) electrons. The number of aromatic amines is 2. The minimum absolute atomic E-state index is 0.111. The molecule has 0 unspecified atom stereocenters. The van der Waals surface area contributed by atoms with Gasteiger partial charge in [0.05, 0.1) is 5.39 Å². The highest BCUT2D eigenvalue weighted by atomic mass is 35.5. The van der Waals surface area contributed by atoms with E-state index in [9.17, 15) is 4.79 Å². The van der Waals surface area contributed by atoms with Crippen LogP contribution in [-0.4, -0.2) is 15.2 Å². The summed E-state index contributed by atoms with van der Waals surface area (Å²) < 4.78 is 0. The second-order valence-corrected chi connectivity index (χ2v) is 2.96. The Balaban J connectivity index is 3.03. The third-order valence-corrected chi connectivity index (χ3v) is 1.89. The second kappa shape index (κ2) is 2.35. The topological polar surface area (TPSA) is 61.5 Å². The molecule has 0 saturated carbocycles. The number of aromatic nitrogens is 3. The summed E-state index contributed by atoms with van der Waals surface area (Å²) in [7, 11) is 0. The summed E-state index contributed by atoms with van der Waals surface area (Å²) in [6.07, 6.45) is 0. The maximum absolute atomic E-state index is 11.3. The van der Waals surface area contributed by atoms with Crippen molar-refractivity contribution >= 4 is 22.6 Å². The lowest BCUT2D eigenvalue weighted by Gasteiger charge is -1.89. The highest BCUT2D eigenvalue weighted by Gasteiger charge is 2.05. The molecule has 0 amide bonds. The highest BCUT2D eigenvalue weighted by molar-refractivity contribution is 6.29. The SMILES string of the molecule is Cc1[nH]nc2[nH]c(Cl)cc(=O)c12. The van der Waals surface area contributed by atoms with Crippen LogP contribution in [0.2, 0.25) is 5.15 Å². The van der Waals surface area contributed by atoms with E-state index in [4.69, 9.17) is 11.6 Å². The van der Waals surface area contributed by atoms with E-state index in [-0.39, 0.29) is 5.43 Å². The molecule has 4 nitrogen and oxygen atoms in total. The predicted octanol–water partition coefficient (Wildman–Crippen LogP) is 1.21. The molecule has 0 saturated heterocycles. The zero-order chi connectivity index (χ0) is 8.72. The third kappa shape index (κ3) is 0.921. The normalized spacial score (nSPS) is 10.8. The first kappa shape index (κ1) is 7.36. The van der Waals surface area contributed by atoms with Gasteiger partial charge in [-0.15, -0.1) is 0 Å². The Morgan fingerprint density at radius 1 is 1.58 bits per heavy atom. The lowest BCUT2D eigenvalue weighted by Crippen LogP contribution is -2.00. The van der Waals surface area contributed by atoms with E-state index >= 15 is 0 Å². The molecule has 0 spiro atoms. The molecular formula is C7H6ClN3O. The fourth-order valence-electron chi connectivity index (χ4n) is 1.16. The Labute approximate surface area is 72.6 Å². The minimum atomic E-state index is -0.111. The van der Waals surface area contributed by atoms with Gasteiger partial charge in [-0.05, 0) is 6.92 Å². The van der Waals surface area contributed by atoms with E-state index in [0.29, 0.717) is 16.2 Å². The van der Waals surface area contributed by atoms with Crippen molar-refractivity contribution in [1.82, 2.24) is 15.2 Å². The zero-order valence-corrected chi connectivity index (χ0v) is 7.07. The summed E-state index contributed by atoms with van der Waals surface area (Å²) in [5, 5.41) is 7.45. The van der Waals surface area contributed by atoms with E-state index in [1.807, 2.05) is 0 Å². The molecule has 0 aliphatic carbocycles. The number of rotatable bonds is 0. The average Bonchev–Trinajstić information content (AvgIpc) is 2.31. The summed E-state index contributed by atoms with van der Waals surface area (Å²) in [5.41, 5.74) is 1.15. The van der Waals surface area contributed by atoms with E-state index < -0.39 is 0 Å². The fourth-order valence-corrected chi connectivity index (χ4v) is 1.35. The first-order chi connectivity index (χ1) is 5.68. The number of aryl methyl sites for hydroxylation is 1. The molecule has 0 bridgehead atoms. The highest BCUT2D eigenvalue weighted by Crippen LogP contribution is 2.10. The van der Waals surface area contributed by atoms with Gasteiger partial charge in [0.25, 0.3) is 0 Å². The summed E-state index contributed by atoms with van der Waals surface area (Å²) in [6.45, 7) is 1.79. The molecule has 0 aliphatic rings. The van der Waals surface area contributed by atoms with Gasteiger partial charge in [-0.25, -0.2) is 0 Å². The fraction of sp³-hybridized carbons (Fsp3) is 0.143. The molecule has 12 heavy (non-hydrogen) atoms. The number of H-pyrrole nitrogens is 2. The van der Waals surface area contributed by atoms with Gasteiger partial charge >= 0.3 is 0 Å². The Bertz CT molecular complexity index is 485. The molecule has 62 valence electrons. The minimum Gasteiger partial charge on any atom is -0.329 e. The van der Waals surface area contributed by atoms with Crippen molar-refractivity contribution in [2.45, 2.75) is 6.92 Å². The van der Waals surface area contributed by atoms with Crippen LogP contribution >= 0.6 is 11.6 Å². The Kier molecular flexibility index (Phi) is 1.44. The largest absolute Gasteiger partial charge is 0.329 e. The van der Waals surface area contributed by atoms with Crippen molar-refractivity contribution < 1.29 is 0 Å². The van der Waals surface area contributed by atoms with Gasteiger partial charge in [-0.1, -0.05) is 11.6 Å². The van der Waals surface area contributed by atoms with E-state index in [1.54, 1.807) is 6.92 Å². The molecule has 2 N–H and O–H groups in total. The third-order valence-electron chi connectivity index (χ3n) is 1.69. The molecule has 2 aromatic heterocycles. The number of nitrogens with one attached hydrogen (secondary N) is 2. The molecule has 0 atom stereocenters. The molecule has 0 aliphatic heterocycles. The van der Waals surface area contributed by atoms with Crippen molar-refractivity contribution in [2.24, 2.45) is 0 Å². The van der Waals surface area contributed by atoms with Crippen LogP contribution in [0, 0.1) is 6.92 Å². The standard InChI is InChI=1S/C7H6ClN3O/c1-3-6-4(12)2-5(8)9-7(6)11-10-3/h2H,1H3,(H2,9,10,11,12). The number of hydrogen-bond donors (Lipinski definition) is 2. The monoisotopic (exact) mass is 183 g/mol. The van der Waals surface area contributed by atoms with Gasteiger partial charge in [0.2, 0.25) is 0 Å². The first-order valence-corrected chi connectivity index (χ1v) is 3.80. The van der Waals surface area contributed by atoms with Crippen molar-refractivity contribution in [3.8, 4) is 0 Å². The molecular weight excluding hydrogens is 178 g/mol. The van der Waals surface area contributed by atoms with Crippen molar-refractivity contribution in [3.63, 3.8) is 0 Å². The van der Waals surface area contributed by atoms with Crippen molar-refractivity contribution in [1.29, 1.82) is 0 Å². The van der Waals surface area contributed by atoms with E-state index in [1.165, 1.54) is 6.07 Å². The predicted molar refractivity (Wildman–Crippen MR) is 46.5 cm³/mol. The maximum Gasteiger partial charge on any atom is 0.194 e. The van der Waals surface area contributed by atoms with Crippen LogP contribution in [0.4, 0.5) is 0 Å². The smallest absolute Gasteiger partial charge is 0.194 e. The number of fused-ring (bicyclic) bond motifs is 1. The Morgan fingerprint density at radius 2 is 2.33 bits per heavy atom. The number of nitrogens with zero attached hydrogens (tertiary/aromatic N) is 1. The van der Waals surface area contributed by atoms with Crippen LogP contribution in [-0.2, 0) is 0 Å². The summed E-state index contributed by atoms with van der Waals surface area (Å²) in [4.78, 5) is 14.1. The van der Waals surface area contributed by atoms with Gasteiger partial charge < -0.3 is 4.98 Å². The molecule has 2 aromatic rings. The second-order valence-electron chi connectivity index (χ2n) is 2.55. The van der Waals surface area contributed by atoms with Gasteiger partial charge in [-0.3, -0.25) is 9.89 Å². The summed E-state index contributed by atoms with van der Waals surface area (Å²) >= 11 is 5.62. The molecule has 0 aromatic carbocycles. The number of pyridine rings is 1. The van der Waals surface area contributed by atoms with Crippen LogP contribution in [0.25, 0.3) is 11.0 Å². The van der Waals surface area contributed by atoms with Crippen LogP contribution in [0.3, 0.4) is 0 Å². The lowest BCUT2D eigenvalue weighted by molar-refractivity contribution is 1.05. The Hall–Kier alpha value is -1.29. The average molecular weight is 184 g/mol. The van der Waals surface area contributed by atoms with E-state index in [2.05, 4.69) is 15.2 Å². The van der Waals surface area contributed by atoms with E-state index in [0.717, 1.165) is 5.69 Å². The summed E-state index contributed by atoms with van der Waals surface area (Å²) in [6, 6.07) is 1.34. The lowest BCUT2D eigenvalue weighted by atomic mass is 10.3. The Morgan fingerprint density at radius 3 is 3.08 bits per heavy atom. The van der Waals surface area contributed by atoms with Gasteiger partial charge in [-0.2, -0.15) is 5.10 Å². The van der Waals surface area contributed by atoms with Crippen LogP contribution in [0.1, 0.15) is 5.69 Å². The molecule has 0 fully saturated rings. The zero-order valence-electron chi connectivity index (χ0n) is 6.31. The van der Waals surface area contributed by atoms with Crippen LogP contribution < -0.4 is 5.43 Å². The van der Waals surface area contributed by atoms with Gasteiger partial charge in [0.1, 0.15) is 5.15 Å². The van der Waals surface area contributed by atoms with Crippen molar-refractivity contribution in [2.75, 3.05) is 0 Å². The van der Waals surface area contributed by atoms with Gasteiger partial charge in [0.15, 0.2) is 11.1 Å². The molecule has 5 heteroatoms. The van der Waals surface area contributed by atoms with Crippen LogP contribution in [0.15, 0.2) is 10.9 Å².